The first-order valence-electron chi connectivity index (χ1n) is 12.2. The molecule has 2 aromatic rings. The number of likely N-dealkylation sites (tertiary alicyclic amines) is 1. The summed E-state index contributed by atoms with van der Waals surface area (Å²) < 4.78 is 5.81. The number of rotatable bonds is 10. The van der Waals surface area contributed by atoms with Crippen LogP contribution < -0.4 is 38.3 Å². The van der Waals surface area contributed by atoms with Gasteiger partial charge < -0.3 is 48.3 Å². The summed E-state index contributed by atoms with van der Waals surface area (Å²) >= 11 is 0. The third-order valence-corrected chi connectivity index (χ3v) is 5.94. The van der Waals surface area contributed by atoms with Crippen LogP contribution in [0.2, 0.25) is 0 Å². The summed E-state index contributed by atoms with van der Waals surface area (Å²) in [6.45, 7) is 1.76. The third kappa shape index (κ3) is 8.19. The zero-order chi connectivity index (χ0) is 28.4. The minimum Gasteiger partial charge on any atom is -0.479 e. The van der Waals surface area contributed by atoms with Gasteiger partial charge in [-0.25, -0.2) is 9.78 Å². The van der Waals surface area contributed by atoms with Crippen LogP contribution in [0.25, 0.3) is 0 Å². The monoisotopic (exact) mass is 536 g/mol. The van der Waals surface area contributed by atoms with Gasteiger partial charge >= 0.3 is 6.09 Å². The molecule has 0 saturated carbocycles. The van der Waals surface area contributed by atoms with Gasteiger partial charge in [0.1, 0.15) is 23.9 Å². The van der Waals surface area contributed by atoms with Crippen LogP contribution in [-0.4, -0.2) is 65.7 Å². The third-order valence-electron chi connectivity index (χ3n) is 5.94. The van der Waals surface area contributed by atoms with Crippen molar-refractivity contribution in [2.24, 2.45) is 17.4 Å². The molecule has 206 valence electrons. The highest BCUT2D eigenvalue weighted by atomic mass is 16.5. The highest BCUT2D eigenvalue weighted by Gasteiger charge is 2.20. The highest BCUT2D eigenvalue weighted by Crippen LogP contribution is 2.32. The average molecular weight is 537 g/mol. The second kappa shape index (κ2) is 13.4. The van der Waals surface area contributed by atoms with E-state index in [2.05, 4.69) is 27.5 Å². The van der Waals surface area contributed by atoms with Crippen molar-refractivity contribution in [2.45, 2.75) is 12.8 Å². The molecule has 0 aliphatic carbocycles. The Balaban J connectivity index is 1.56. The Morgan fingerprint density at radius 2 is 1.67 bits per heavy atom. The molecule has 1 saturated heterocycles. The summed E-state index contributed by atoms with van der Waals surface area (Å²) in [6.07, 6.45) is 5.44. The maximum absolute atomic E-state index is 11.7. The van der Waals surface area contributed by atoms with Gasteiger partial charge in [0.05, 0.1) is 16.9 Å². The quantitative estimate of drug-likeness (QED) is 0.131. The normalized spacial score (nSPS) is 13.4. The standard InChI is InChI=1S/C26H32N8O5/c27-19-12-17(23(29)35)14-21(39-11-3-4-16-5-9-34(10-6-16)26(37)38)22(19)31-7-1-2-8-32-25-20(28)13-18(15-33-25)24(30)36/h1-2,12-16,31H,5-11,27-28H2,(H2,29,35)(H2,30,36)(H,32,33)(H,37,38)/b2-1+. The molecule has 0 atom stereocenters. The highest BCUT2D eigenvalue weighted by molar-refractivity contribution is 5.96. The fraction of sp³-hybridized carbons (Fsp3) is 0.308. The second-order valence-electron chi connectivity index (χ2n) is 8.72. The van der Waals surface area contributed by atoms with Crippen LogP contribution in [-0.2, 0) is 0 Å². The van der Waals surface area contributed by atoms with Gasteiger partial charge in [-0.3, -0.25) is 9.59 Å². The summed E-state index contributed by atoms with van der Waals surface area (Å²) in [6, 6.07) is 4.42. The lowest BCUT2D eigenvalue weighted by Crippen LogP contribution is -2.37. The Morgan fingerprint density at radius 3 is 2.28 bits per heavy atom. The number of carbonyl (C=O) groups is 3. The second-order valence-corrected chi connectivity index (χ2v) is 8.72. The maximum atomic E-state index is 11.7. The molecule has 0 radical (unpaired) electrons. The van der Waals surface area contributed by atoms with Crippen LogP contribution >= 0.6 is 0 Å². The van der Waals surface area contributed by atoms with Crippen molar-refractivity contribution < 1.29 is 24.2 Å². The Kier molecular flexibility index (Phi) is 9.80. The van der Waals surface area contributed by atoms with E-state index in [-0.39, 0.29) is 29.3 Å². The molecule has 0 unspecified atom stereocenters. The molecule has 1 fully saturated rings. The Hall–Kier alpha value is -5.12. The van der Waals surface area contributed by atoms with Gasteiger partial charge in [0.25, 0.3) is 0 Å². The molecule has 13 nitrogen and oxygen atoms in total. The summed E-state index contributed by atoms with van der Waals surface area (Å²) in [4.78, 5) is 39.4. The van der Waals surface area contributed by atoms with Gasteiger partial charge in [-0.2, -0.15) is 0 Å². The Morgan fingerprint density at radius 1 is 1.03 bits per heavy atom. The van der Waals surface area contributed by atoms with E-state index < -0.39 is 17.9 Å². The van der Waals surface area contributed by atoms with Gasteiger partial charge in [0.2, 0.25) is 11.8 Å². The zero-order valence-corrected chi connectivity index (χ0v) is 21.3. The number of benzene rings is 1. The number of nitrogens with one attached hydrogen (secondary N) is 2. The van der Waals surface area contributed by atoms with E-state index in [0.29, 0.717) is 62.0 Å². The number of carbonyl (C=O) groups excluding carboxylic acids is 2. The number of nitrogens with zero attached hydrogens (tertiary/aromatic N) is 2. The van der Waals surface area contributed by atoms with Gasteiger partial charge in [0.15, 0.2) is 0 Å². The molecule has 1 aromatic heterocycles. The molecule has 0 spiro atoms. The summed E-state index contributed by atoms with van der Waals surface area (Å²) in [7, 11) is 0. The van der Waals surface area contributed by atoms with Crippen molar-refractivity contribution in [3.05, 3.63) is 47.7 Å². The number of carboxylic acid groups (broad SMARTS) is 1. The molecule has 11 N–H and O–H groups in total. The van der Waals surface area contributed by atoms with E-state index in [4.69, 9.17) is 32.8 Å². The summed E-state index contributed by atoms with van der Waals surface area (Å²) in [5, 5.41) is 15.3. The van der Waals surface area contributed by atoms with E-state index in [1.165, 1.54) is 29.3 Å². The number of amides is 3. The topological polar surface area (TPSA) is 225 Å². The lowest BCUT2D eigenvalue weighted by Gasteiger charge is -2.27. The smallest absolute Gasteiger partial charge is 0.407 e. The lowest BCUT2D eigenvalue weighted by atomic mass is 9.98. The van der Waals surface area contributed by atoms with Gasteiger partial charge in [-0.1, -0.05) is 24.0 Å². The SMILES string of the molecule is NC(=O)c1cnc(NC/C=C/CNc2c(N)cc(C(N)=O)cc2OCC#CC2CCN(C(=O)O)CC2)c(N)c1. The minimum absolute atomic E-state index is 0.0538. The number of ether oxygens (including phenoxy) is 1. The predicted molar refractivity (Wildman–Crippen MR) is 148 cm³/mol. The van der Waals surface area contributed by atoms with E-state index in [1.807, 2.05) is 12.2 Å². The van der Waals surface area contributed by atoms with Crippen molar-refractivity contribution in [2.75, 3.05) is 54.9 Å². The van der Waals surface area contributed by atoms with Crippen LogP contribution in [0.4, 0.5) is 27.7 Å². The van der Waals surface area contributed by atoms with E-state index >= 15 is 0 Å². The van der Waals surface area contributed by atoms with E-state index in [1.54, 1.807) is 0 Å². The lowest BCUT2D eigenvalue weighted by molar-refractivity contribution is 0.0991. The van der Waals surface area contributed by atoms with Crippen molar-refractivity contribution in [3.63, 3.8) is 0 Å². The largest absolute Gasteiger partial charge is 0.479 e. The first-order chi connectivity index (χ1) is 18.7. The molecule has 1 aliphatic rings. The number of anilines is 4. The molecule has 0 bridgehead atoms. The predicted octanol–water partition coefficient (Wildman–Crippen LogP) is 1.30. The minimum atomic E-state index is -0.916. The van der Waals surface area contributed by atoms with Gasteiger partial charge in [-0.15, -0.1) is 0 Å². The van der Waals surface area contributed by atoms with Gasteiger partial charge in [0, 0.05) is 43.9 Å². The number of hydrogen-bond donors (Lipinski definition) is 7. The molecule has 2 heterocycles. The number of hydrogen-bond acceptors (Lipinski definition) is 9. The Bertz CT molecular complexity index is 1310. The van der Waals surface area contributed by atoms with E-state index in [0.717, 1.165) is 0 Å². The number of piperidine rings is 1. The number of primary amides is 2. The fourth-order valence-electron chi connectivity index (χ4n) is 3.84. The first-order valence-corrected chi connectivity index (χ1v) is 12.2. The molecule has 13 heteroatoms. The molecule has 1 aliphatic heterocycles. The van der Waals surface area contributed by atoms with Crippen molar-refractivity contribution in [1.29, 1.82) is 0 Å². The van der Waals surface area contributed by atoms with Crippen molar-refractivity contribution in [3.8, 4) is 17.6 Å². The summed E-state index contributed by atoms with van der Waals surface area (Å²) in [5.74, 6) is 5.69. The molecule has 1 aromatic carbocycles. The van der Waals surface area contributed by atoms with Crippen LogP contribution in [0.3, 0.4) is 0 Å². The van der Waals surface area contributed by atoms with Gasteiger partial charge in [-0.05, 0) is 31.0 Å². The van der Waals surface area contributed by atoms with Crippen LogP contribution in [0.15, 0.2) is 36.5 Å². The van der Waals surface area contributed by atoms with Crippen LogP contribution in [0.1, 0.15) is 33.6 Å². The molecule has 39 heavy (non-hydrogen) atoms. The van der Waals surface area contributed by atoms with Crippen LogP contribution in [0.5, 0.6) is 5.75 Å². The molecular weight excluding hydrogens is 504 g/mol. The Labute approximate surface area is 225 Å². The first kappa shape index (κ1) is 28.5. The maximum Gasteiger partial charge on any atom is 0.407 e. The molecule has 3 rings (SSSR count). The van der Waals surface area contributed by atoms with Crippen molar-refractivity contribution >= 4 is 40.8 Å². The van der Waals surface area contributed by atoms with E-state index in [9.17, 15) is 14.4 Å². The number of nitrogen functional groups attached to an aromatic ring is 2. The molecular formula is C26H32N8O5. The average Bonchev–Trinajstić information content (AvgIpc) is 2.90. The number of aromatic nitrogens is 1. The summed E-state index contributed by atoms with van der Waals surface area (Å²) in [5.41, 5.74) is 24.2. The number of pyridine rings is 1. The fourth-order valence-corrected chi connectivity index (χ4v) is 3.84. The number of nitrogens with two attached hydrogens (primary N) is 4. The van der Waals surface area contributed by atoms with Crippen molar-refractivity contribution in [1.82, 2.24) is 9.88 Å². The zero-order valence-electron chi connectivity index (χ0n) is 21.3. The van der Waals surface area contributed by atoms with Crippen LogP contribution in [0, 0.1) is 17.8 Å². The molecule has 3 amide bonds.